The Morgan fingerprint density at radius 3 is 2.50 bits per heavy atom. The molecule has 1 atom stereocenters. The first-order chi connectivity index (χ1) is 5.52. The zero-order chi connectivity index (χ0) is 9.30. The molecule has 12 heavy (non-hydrogen) atoms. The molecule has 0 saturated carbocycles. The Morgan fingerprint density at radius 1 is 1.42 bits per heavy atom. The van der Waals surface area contributed by atoms with Gasteiger partial charge in [0.25, 0.3) is 0 Å². The van der Waals surface area contributed by atoms with Gasteiger partial charge in [0.05, 0.1) is 0 Å². The molecule has 0 saturated heterocycles. The first kappa shape index (κ1) is 9.10. The average Bonchev–Trinajstić information content (AvgIpc) is 1.96. The molecule has 0 aromatic heterocycles. The molecule has 0 amide bonds. The summed E-state index contributed by atoms with van der Waals surface area (Å²) in [4.78, 5) is 10.9. The van der Waals surface area contributed by atoms with Gasteiger partial charge in [-0.05, 0) is 13.8 Å². The first-order valence-corrected chi connectivity index (χ1v) is 4.11. The molecule has 0 aromatic rings. The van der Waals surface area contributed by atoms with Crippen molar-refractivity contribution in [3.8, 4) is 0 Å². The van der Waals surface area contributed by atoms with Gasteiger partial charge in [-0.25, -0.2) is 4.79 Å². The molecule has 0 radical (unpaired) electrons. The molecule has 1 aliphatic rings. The number of rotatable bonds is 1. The summed E-state index contributed by atoms with van der Waals surface area (Å²) >= 11 is 0. The van der Waals surface area contributed by atoms with Crippen LogP contribution in [0.15, 0.2) is 11.3 Å². The lowest BCUT2D eigenvalue weighted by molar-refractivity contribution is 0.0327. The molecule has 0 aliphatic carbocycles. The zero-order valence-corrected chi connectivity index (χ0v) is 7.88. The van der Waals surface area contributed by atoms with Crippen molar-refractivity contribution >= 4 is 6.16 Å². The molecule has 1 heterocycles. The van der Waals surface area contributed by atoms with Crippen LogP contribution in [0.5, 0.6) is 0 Å². The molecule has 3 nitrogen and oxygen atoms in total. The molecular formula is C9H14O3. The zero-order valence-electron chi connectivity index (χ0n) is 7.88. The Kier molecular flexibility index (Phi) is 2.40. The standard InChI is InChI=1S/C9H14O3/c1-5(2)8-6(3)7(4)11-9(10)12-8/h5,7H,1-4H3. The van der Waals surface area contributed by atoms with Gasteiger partial charge in [0, 0.05) is 11.5 Å². The van der Waals surface area contributed by atoms with Gasteiger partial charge in [0.2, 0.25) is 0 Å². The molecule has 0 bridgehead atoms. The lowest BCUT2D eigenvalue weighted by Crippen LogP contribution is -2.26. The minimum Gasteiger partial charge on any atom is -0.426 e. The van der Waals surface area contributed by atoms with E-state index in [-0.39, 0.29) is 12.0 Å². The van der Waals surface area contributed by atoms with Crippen molar-refractivity contribution in [1.82, 2.24) is 0 Å². The van der Waals surface area contributed by atoms with E-state index in [0.717, 1.165) is 11.3 Å². The van der Waals surface area contributed by atoms with Crippen molar-refractivity contribution in [2.75, 3.05) is 0 Å². The topological polar surface area (TPSA) is 35.5 Å². The Hall–Kier alpha value is -0.990. The van der Waals surface area contributed by atoms with Crippen LogP contribution in [0.4, 0.5) is 4.79 Å². The molecule has 1 rings (SSSR count). The van der Waals surface area contributed by atoms with E-state index in [1.54, 1.807) is 0 Å². The SMILES string of the molecule is CC1=C(C(C)C)OC(=O)OC1C. The van der Waals surface area contributed by atoms with Crippen molar-refractivity contribution in [2.24, 2.45) is 5.92 Å². The summed E-state index contributed by atoms with van der Waals surface area (Å²) < 4.78 is 9.81. The fourth-order valence-electron chi connectivity index (χ4n) is 1.20. The number of hydrogen-bond acceptors (Lipinski definition) is 3. The van der Waals surface area contributed by atoms with Gasteiger partial charge in [-0.15, -0.1) is 0 Å². The summed E-state index contributed by atoms with van der Waals surface area (Å²) in [5.74, 6) is 0.985. The Bertz CT molecular complexity index is 228. The predicted octanol–water partition coefficient (Wildman–Crippen LogP) is 2.47. The summed E-state index contributed by atoms with van der Waals surface area (Å²) in [5, 5.41) is 0. The Labute approximate surface area is 72.4 Å². The molecular weight excluding hydrogens is 156 g/mol. The van der Waals surface area contributed by atoms with Crippen molar-refractivity contribution in [3.05, 3.63) is 11.3 Å². The highest BCUT2D eigenvalue weighted by Crippen LogP contribution is 2.25. The molecule has 0 aromatic carbocycles. The lowest BCUT2D eigenvalue weighted by Gasteiger charge is -2.25. The number of allylic oxidation sites excluding steroid dienone is 1. The maximum atomic E-state index is 10.9. The van der Waals surface area contributed by atoms with Gasteiger partial charge in [-0.2, -0.15) is 0 Å². The largest absolute Gasteiger partial charge is 0.514 e. The number of carbonyl (C=O) groups is 1. The van der Waals surface area contributed by atoms with Crippen LogP contribution < -0.4 is 0 Å². The fraction of sp³-hybridized carbons (Fsp3) is 0.667. The quantitative estimate of drug-likeness (QED) is 0.567. The molecule has 0 spiro atoms. The van der Waals surface area contributed by atoms with Gasteiger partial charge in [0.15, 0.2) is 0 Å². The molecule has 0 N–H and O–H groups in total. The van der Waals surface area contributed by atoms with Crippen molar-refractivity contribution in [2.45, 2.75) is 33.8 Å². The third-order valence-electron chi connectivity index (χ3n) is 1.99. The summed E-state index contributed by atoms with van der Waals surface area (Å²) in [6, 6.07) is 0. The monoisotopic (exact) mass is 170 g/mol. The molecule has 1 aliphatic heterocycles. The van der Waals surface area contributed by atoms with Crippen molar-refractivity contribution < 1.29 is 14.3 Å². The van der Waals surface area contributed by atoms with Crippen LogP contribution in [0.3, 0.4) is 0 Å². The second-order valence-corrected chi connectivity index (χ2v) is 3.31. The fourth-order valence-corrected chi connectivity index (χ4v) is 1.20. The number of cyclic esters (lactones) is 2. The Balaban J connectivity index is 2.92. The van der Waals surface area contributed by atoms with Gasteiger partial charge in [-0.3, -0.25) is 0 Å². The Morgan fingerprint density at radius 2 is 2.00 bits per heavy atom. The summed E-state index contributed by atoms with van der Waals surface area (Å²) in [5.41, 5.74) is 1.00. The van der Waals surface area contributed by atoms with Crippen LogP contribution in [-0.4, -0.2) is 12.3 Å². The molecule has 68 valence electrons. The predicted molar refractivity (Wildman–Crippen MR) is 44.6 cm³/mol. The molecule has 1 unspecified atom stereocenters. The normalized spacial score (nSPS) is 24.1. The van der Waals surface area contributed by atoms with Crippen LogP contribution >= 0.6 is 0 Å². The maximum Gasteiger partial charge on any atom is 0.514 e. The highest BCUT2D eigenvalue weighted by atomic mass is 16.7. The number of carbonyl (C=O) groups excluding carboxylic acids is 1. The third-order valence-corrected chi connectivity index (χ3v) is 1.99. The minimum absolute atomic E-state index is 0.149. The van der Waals surface area contributed by atoms with E-state index < -0.39 is 6.16 Å². The van der Waals surface area contributed by atoms with Gasteiger partial charge in [-0.1, -0.05) is 13.8 Å². The highest BCUT2D eigenvalue weighted by Gasteiger charge is 2.26. The lowest BCUT2D eigenvalue weighted by atomic mass is 10.0. The van der Waals surface area contributed by atoms with E-state index >= 15 is 0 Å². The van der Waals surface area contributed by atoms with E-state index in [1.165, 1.54) is 0 Å². The smallest absolute Gasteiger partial charge is 0.426 e. The number of ether oxygens (including phenoxy) is 2. The van der Waals surface area contributed by atoms with Crippen LogP contribution in [0.2, 0.25) is 0 Å². The van der Waals surface area contributed by atoms with E-state index in [2.05, 4.69) is 0 Å². The highest BCUT2D eigenvalue weighted by molar-refractivity contribution is 5.63. The minimum atomic E-state index is -0.586. The summed E-state index contributed by atoms with van der Waals surface area (Å²) in [7, 11) is 0. The van der Waals surface area contributed by atoms with Crippen LogP contribution in [0.25, 0.3) is 0 Å². The van der Waals surface area contributed by atoms with Crippen molar-refractivity contribution in [3.63, 3.8) is 0 Å². The van der Waals surface area contributed by atoms with E-state index in [4.69, 9.17) is 9.47 Å². The second-order valence-electron chi connectivity index (χ2n) is 3.31. The third kappa shape index (κ3) is 1.60. The molecule has 0 fully saturated rings. The van der Waals surface area contributed by atoms with E-state index in [0.29, 0.717) is 0 Å². The van der Waals surface area contributed by atoms with Gasteiger partial charge < -0.3 is 9.47 Å². The van der Waals surface area contributed by atoms with E-state index in [1.807, 2.05) is 27.7 Å². The van der Waals surface area contributed by atoms with Crippen LogP contribution in [0.1, 0.15) is 27.7 Å². The van der Waals surface area contributed by atoms with Crippen LogP contribution in [0, 0.1) is 5.92 Å². The maximum absolute atomic E-state index is 10.9. The summed E-state index contributed by atoms with van der Waals surface area (Å²) in [6.45, 7) is 7.75. The van der Waals surface area contributed by atoms with E-state index in [9.17, 15) is 4.79 Å². The van der Waals surface area contributed by atoms with Crippen LogP contribution in [-0.2, 0) is 9.47 Å². The number of hydrogen-bond donors (Lipinski definition) is 0. The second kappa shape index (κ2) is 3.17. The molecule has 3 heteroatoms. The van der Waals surface area contributed by atoms with Gasteiger partial charge >= 0.3 is 6.16 Å². The first-order valence-electron chi connectivity index (χ1n) is 4.11. The van der Waals surface area contributed by atoms with Crippen molar-refractivity contribution in [1.29, 1.82) is 0 Å². The summed E-state index contributed by atoms with van der Waals surface area (Å²) in [6.07, 6.45) is -0.736. The van der Waals surface area contributed by atoms with Gasteiger partial charge in [0.1, 0.15) is 11.9 Å². The average molecular weight is 170 g/mol.